The summed E-state index contributed by atoms with van der Waals surface area (Å²) in [7, 11) is 0. The summed E-state index contributed by atoms with van der Waals surface area (Å²) in [5.41, 5.74) is 2.98. The molecule has 2 aliphatic rings. The first-order valence-electron chi connectivity index (χ1n) is 11.6. The average Bonchev–Trinajstić information content (AvgIpc) is 3.54. The summed E-state index contributed by atoms with van der Waals surface area (Å²) in [6, 6.07) is 11.7. The number of H-pyrrole nitrogens is 1. The number of piperidine rings is 1. The highest BCUT2D eigenvalue weighted by atomic mass is 32.1. The van der Waals surface area contributed by atoms with Crippen LogP contribution in [0.4, 0.5) is 8.78 Å². The Morgan fingerprint density at radius 3 is 2.79 bits per heavy atom. The molecule has 2 aliphatic heterocycles. The van der Waals surface area contributed by atoms with E-state index in [4.69, 9.17) is 4.74 Å². The van der Waals surface area contributed by atoms with Gasteiger partial charge in [-0.25, -0.2) is 4.98 Å². The minimum absolute atomic E-state index is 0.0324. The Hall–Kier alpha value is -2.97. The number of pyridine rings is 1. The van der Waals surface area contributed by atoms with Gasteiger partial charge in [-0.3, -0.25) is 4.90 Å². The number of thiophene rings is 1. The van der Waals surface area contributed by atoms with Gasteiger partial charge >= 0.3 is 6.29 Å². The number of ether oxygens (including phenoxy) is 2. The van der Waals surface area contributed by atoms with Crippen molar-refractivity contribution in [3.05, 3.63) is 53.7 Å². The fourth-order valence-electron chi connectivity index (χ4n) is 4.87. The molecule has 5 nitrogen and oxygen atoms in total. The molecule has 34 heavy (non-hydrogen) atoms. The molecule has 1 unspecified atom stereocenters. The standard InChI is InChI=1S/C26H25F2N3O2S/c1-15-8-10-31(11-9-15)16(2)22-6-7-23(34-22)17-12-19-20(14-30-25(19)29-13-17)18-4-3-5-21-24(18)33-26(27,28)32-21/h3-7,12-16H,8-11H2,1-2H3,(H,29,30). The summed E-state index contributed by atoms with van der Waals surface area (Å²) in [5.74, 6) is 0.886. The first kappa shape index (κ1) is 21.6. The van der Waals surface area contributed by atoms with E-state index in [-0.39, 0.29) is 11.5 Å². The van der Waals surface area contributed by atoms with Crippen molar-refractivity contribution >= 4 is 22.4 Å². The number of fused-ring (bicyclic) bond motifs is 2. The van der Waals surface area contributed by atoms with E-state index in [0.29, 0.717) is 17.3 Å². The van der Waals surface area contributed by atoms with E-state index < -0.39 is 6.29 Å². The van der Waals surface area contributed by atoms with Crippen LogP contribution in [-0.4, -0.2) is 34.3 Å². The SMILES string of the molecule is CC1CCN(C(C)c2ccc(-c3cnc4[nH]cc(-c5cccc6c5OC(F)(F)O6)c4c3)s2)CC1. The molecule has 176 valence electrons. The summed E-state index contributed by atoms with van der Waals surface area (Å²) in [6.07, 6.45) is 2.47. The van der Waals surface area contributed by atoms with Gasteiger partial charge < -0.3 is 14.5 Å². The summed E-state index contributed by atoms with van der Waals surface area (Å²) >= 11 is 1.79. The number of nitrogens with one attached hydrogen (secondary N) is 1. The van der Waals surface area contributed by atoms with Gasteiger partial charge in [-0.1, -0.05) is 19.1 Å². The molecule has 0 spiro atoms. The molecule has 0 saturated carbocycles. The molecule has 1 N–H and O–H groups in total. The molecule has 1 saturated heterocycles. The van der Waals surface area contributed by atoms with Crippen LogP contribution in [0.25, 0.3) is 32.6 Å². The maximum Gasteiger partial charge on any atom is 0.586 e. The molecule has 6 rings (SSSR count). The van der Waals surface area contributed by atoms with Crippen molar-refractivity contribution in [3.8, 4) is 33.1 Å². The number of rotatable bonds is 4. The molecule has 0 radical (unpaired) electrons. The number of nitrogens with zero attached hydrogens (tertiary/aromatic N) is 2. The van der Waals surface area contributed by atoms with Gasteiger partial charge in [0, 0.05) is 50.3 Å². The van der Waals surface area contributed by atoms with Crippen LogP contribution in [0.15, 0.2) is 48.8 Å². The number of halogens is 2. The maximum atomic E-state index is 13.7. The summed E-state index contributed by atoms with van der Waals surface area (Å²) in [5, 5.41) is 0.845. The molecule has 5 heterocycles. The van der Waals surface area contributed by atoms with E-state index in [2.05, 4.69) is 51.7 Å². The second-order valence-electron chi connectivity index (χ2n) is 9.22. The molecular weight excluding hydrogens is 456 g/mol. The third kappa shape index (κ3) is 3.75. The predicted molar refractivity (Wildman–Crippen MR) is 129 cm³/mol. The monoisotopic (exact) mass is 481 g/mol. The number of benzene rings is 1. The minimum Gasteiger partial charge on any atom is -0.395 e. The van der Waals surface area contributed by atoms with Gasteiger partial charge in [0.2, 0.25) is 0 Å². The van der Waals surface area contributed by atoms with Gasteiger partial charge in [0.25, 0.3) is 0 Å². The highest BCUT2D eigenvalue weighted by Gasteiger charge is 2.44. The van der Waals surface area contributed by atoms with Crippen LogP contribution >= 0.6 is 11.3 Å². The molecule has 8 heteroatoms. The van der Waals surface area contributed by atoms with Gasteiger partial charge in [0.15, 0.2) is 11.5 Å². The number of aromatic amines is 1. The van der Waals surface area contributed by atoms with Gasteiger partial charge in [-0.05, 0) is 63.0 Å². The van der Waals surface area contributed by atoms with Crippen molar-refractivity contribution in [1.29, 1.82) is 0 Å². The molecule has 1 fully saturated rings. The van der Waals surface area contributed by atoms with Gasteiger partial charge in [0.05, 0.1) is 0 Å². The largest absolute Gasteiger partial charge is 0.586 e. The molecule has 1 aromatic carbocycles. The zero-order valence-electron chi connectivity index (χ0n) is 19.0. The van der Waals surface area contributed by atoms with Crippen molar-refractivity contribution < 1.29 is 18.3 Å². The fraction of sp³-hybridized carbons (Fsp3) is 0.346. The van der Waals surface area contributed by atoms with E-state index in [1.54, 1.807) is 29.7 Å². The number of alkyl halides is 2. The second-order valence-corrected chi connectivity index (χ2v) is 10.3. The van der Waals surface area contributed by atoms with Crippen molar-refractivity contribution in [3.63, 3.8) is 0 Å². The van der Waals surface area contributed by atoms with E-state index in [1.807, 2.05) is 6.20 Å². The lowest BCUT2D eigenvalue weighted by Gasteiger charge is -2.34. The Bertz CT molecular complexity index is 1360. The fourth-order valence-corrected chi connectivity index (χ4v) is 5.95. The Morgan fingerprint density at radius 1 is 1.15 bits per heavy atom. The molecule has 0 amide bonds. The van der Waals surface area contributed by atoms with Gasteiger partial charge in [0.1, 0.15) is 5.65 Å². The van der Waals surface area contributed by atoms with Crippen LogP contribution in [0.3, 0.4) is 0 Å². The zero-order valence-corrected chi connectivity index (χ0v) is 19.8. The lowest BCUT2D eigenvalue weighted by atomic mass is 9.98. The number of aromatic nitrogens is 2. The van der Waals surface area contributed by atoms with Crippen molar-refractivity contribution in [2.75, 3.05) is 13.1 Å². The normalized spacial score (nSPS) is 19.1. The van der Waals surface area contributed by atoms with Crippen LogP contribution in [-0.2, 0) is 0 Å². The van der Waals surface area contributed by atoms with Gasteiger partial charge in [-0.2, -0.15) is 0 Å². The van der Waals surface area contributed by atoms with E-state index in [0.717, 1.165) is 40.4 Å². The quantitative estimate of drug-likeness (QED) is 0.339. The van der Waals surface area contributed by atoms with Crippen LogP contribution in [0.2, 0.25) is 0 Å². The summed E-state index contributed by atoms with van der Waals surface area (Å²) < 4.78 is 36.9. The highest BCUT2D eigenvalue weighted by molar-refractivity contribution is 7.15. The van der Waals surface area contributed by atoms with Crippen LogP contribution in [0.1, 0.15) is 37.6 Å². The lowest BCUT2D eigenvalue weighted by molar-refractivity contribution is -0.286. The highest BCUT2D eigenvalue weighted by Crippen LogP contribution is 2.48. The predicted octanol–water partition coefficient (Wildman–Crippen LogP) is 7.07. The van der Waals surface area contributed by atoms with Gasteiger partial charge in [-0.15, -0.1) is 20.1 Å². The summed E-state index contributed by atoms with van der Waals surface area (Å²) in [4.78, 5) is 12.8. The Balaban J connectivity index is 1.33. The Labute approximate surface area is 200 Å². The topological polar surface area (TPSA) is 50.4 Å². The zero-order chi connectivity index (χ0) is 23.4. The molecule has 0 aliphatic carbocycles. The lowest BCUT2D eigenvalue weighted by Crippen LogP contribution is -2.34. The Morgan fingerprint density at radius 2 is 1.97 bits per heavy atom. The second kappa shape index (κ2) is 8.06. The first-order chi connectivity index (χ1) is 16.4. The molecular formula is C26H25F2N3O2S. The van der Waals surface area contributed by atoms with E-state index in [1.165, 1.54) is 23.8 Å². The summed E-state index contributed by atoms with van der Waals surface area (Å²) in [6.45, 7) is 6.90. The van der Waals surface area contributed by atoms with Crippen molar-refractivity contribution in [2.24, 2.45) is 5.92 Å². The number of hydrogen-bond acceptors (Lipinski definition) is 5. The van der Waals surface area contributed by atoms with E-state index in [9.17, 15) is 8.78 Å². The van der Waals surface area contributed by atoms with Crippen molar-refractivity contribution in [2.45, 2.75) is 39.0 Å². The van der Waals surface area contributed by atoms with E-state index >= 15 is 0 Å². The third-order valence-electron chi connectivity index (χ3n) is 6.94. The molecule has 1 atom stereocenters. The maximum absolute atomic E-state index is 13.7. The average molecular weight is 482 g/mol. The molecule has 3 aromatic heterocycles. The van der Waals surface area contributed by atoms with Crippen molar-refractivity contribution in [1.82, 2.24) is 14.9 Å². The molecule has 4 aromatic rings. The van der Waals surface area contributed by atoms with Crippen LogP contribution in [0.5, 0.6) is 11.5 Å². The molecule has 0 bridgehead atoms. The van der Waals surface area contributed by atoms with Crippen LogP contribution in [0, 0.1) is 5.92 Å². The number of para-hydroxylation sites is 1. The third-order valence-corrected chi connectivity index (χ3v) is 8.24. The minimum atomic E-state index is -3.66. The van der Waals surface area contributed by atoms with Crippen LogP contribution < -0.4 is 9.47 Å². The number of likely N-dealkylation sites (tertiary alicyclic amines) is 1. The smallest absolute Gasteiger partial charge is 0.395 e. The number of hydrogen-bond donors (Lipinski definition) is 1. The first-order valence-corrected chi connectivity index (χ1v) is 12.4. The Kier molecular flexibility index (Phi) is 5.11.